The van der Waals surface area contributed by atoms with Gasteiger partial charge in [-0.2, -0.15) is 0 Å². The van der Waals surface area contributed by atoms with Crippen LogP contribution in [0.4, 0.5) is 4.39 Å². The predicted octanol–water partition coefficient (Wildman–Crippen LogP) is 4.43. The first kappa shape index (κ1) is 18.6. The molecule has 0 spiro atoms. The number of aromatic nitrogens is 2. The van der Waals surface area contributed by atoms with Gasteiger partial charge in [0.2, 0.25) is 0 Å². The fraction of sp³-hybridized carbons (Fsp3) is 0.300. The van der Waals surface area contributed by atoms with E-state index in [4.69, 9.17) is 4.74 Å². The van der Waals surface area contributed by atoms with E-state index in [-0.39, 0.29) is 11.4 Å². The molecule has 0 fully saturated rings. The summed E-state index contributed by atoms with van der Waals surface area (Å²) in [7, 11) is 1.59. The topological polar surface area (TPSA) is 44.1 Å². The van der Waals surface area contributed by atoms with Crippen molar-refractivity contribution >= 4 is 10.9 Å². The molecule has 0 saturated heterocycles. The fourth-order valence-electron chi connectivity index (χ4n) is 2.60. The Morgan fingerprint density at radius 1 is 1.16 bits per heavy atom. The number of hydrogen-bond donors (Lipinski definition) is 0. The highest BCUT2D eigenvalue weighted by Gasteiger charge is 2.13. The van der Waals surface area contributed by atoms with Gasteiger partial charge in [-0.15, -0.1) is 0 Å². The lowest BCUT2D eigenvalue weighted by molar-refractivity contribution is 0.414. The van der Waals surface area contributed by atoms with Crippen molar-refractivity contribution in [2.75, 3.05) is 7.11 Å². The quantitative estimate of drug-likeness (QED) is 0.707. The van der Waals surface area contributed by atoms with Crippen LogP contribution in [0.3, 0.4) is 0 Å². The standard InChI is InChI=1S/C18H17FN2O2.C2H6/c1-4-17-20-16-10-15(19)11(2)9-14(16)18(22)21(17)12-5-7-13(23-3)8-6-12;1-2/h5-10H,4H2,1-3H3;1-2H3. The monoisotopic (exact) mass is 342 g/mol. The molecule has 0 aliphatic carbocycles. The summed E-state index contributed by atoms with van der Waals surface area (Å²) in [4.78, 5) is 17.4. The van der Waals surface area contributed by atoms with Gasteiger partial charge in [-0.25, -0.2) is 9.37 Å². The zero-order valence-electron chi connectivity index (χ0n) is 15.3. The second-order valence-electron chi connectivity index (χ2n) is 5.34. The van der Waals surface area contributed by atoms with Crippen LogP contribution >= 0.6 is 0 Å². The molecule has 132 valence electrons. The summed E-state index contributed by atoms with van der Waals surface area (Å²) >= 11 is 0. The molecule has 25 heavy (non-hydrogen) atoms. The lowest BCUT2D eigenvalue weighted by Crippen LogP contribution is -2.23. The van der Waals surface area contributed by atoms with Crippen molar-refractivity contribution in [1.29, 1.82) is 0 Å². The van der Waals surface area contributed by atoms with Crippen LogP contribution in [-0.2, 0) is 6.42 Å². The van der Waals surface area contributed by atoms with Crippen LogP contribution in [0.2, 0.25) is 0 Å². The van der Waals surface area contributed by atoms with Crippen LogP contribution < -0.4 is 10.3 Å². The van der Waals surface area contributed by atoms with Crippen LogP contribution in [0, 0.1) is 12.7 Å². The van der Waals surface area contributed by atoms with Crippen molar-refractivity contribution in [3.05, 3.63) is 64.0 Å². The van der Waals surface area contributed by atoms with E-state index in [1.54, 1.807) is 36.8 Å². The fourth-order valence-corrected chi connectivity index (χ4v) is 2.60. The van der Waals surface area contributed by atoms with Crippen molar-refractivity contribution in [1.82, 2.24) is 9.55 Å². The van der Waals surface area contributed by atoms with Crippen LogP contribution in [0.25, 0.3) is 16.6 Å². The molecule has 4 nitrogen and oxygen atoms in total. The molecule has 0 unspecified atom stereocenters. The van der Waals surface area contributed by atoms with Crippen molar-refractivity contribution in [2.24, 2.45) is 0 Å². The Labute approximate surface area is 146 Å². The molecule has 5 heteroatoms. The maximum absolute atomic E-state index is 13.8. The summed E-state index contributed by atoms with van der Waals surface area (Å²) in [5.74, 6) is 0.955. The zero-order chi connectivity index (χ0) is 18.6. The van der Waals surface area contributed by atoms with Gasteiger partial charge in [-0.1, -0.05) is 20.8 Å². The molecular weight excluding hydrogens is 319 g/mol. The predicted molar refractivity (Wildman–Crippen MR) is 99.3 cm³/mol. The van der Waals surface area contributed by atoms with Gasteiger partial charge in [0.15, 0.2) is 0 Å². The summed E-state index contributed by atoms with van der Waals surface area (Å²) in [6.45, 7) is 7.55. The van der Waals surface area contributed by atoms with Gasteiger partial charge in [0.25, 0.3) is 5.56 Å². The highest BCUT2D eigenvalue weighted by Crippen LogP contribution is 2.19. The minimum atomic E-state index is -0.353. The second-order valence-corrected chi connectivity index (χ2v) is 5.34. The van der Waals surface area contributed by atoms with Crippen LogP contribution in [-0.4, -0.2) is 16.7 Å². The van der Waals surface area contributed by atoms with Crippen molar-refractivity contribution in [3.63, 3.8) is 0 Å². The number of rotatable bonds is 3. The highest BCUT2D eigenvalue weighted by molar-refractivity contribution is 5.79. The normalized spacial score (nSPS) is 10.3. The Bertz CT molecular complexity index is 931. The summed E-state index contributed by atoms with van der Waals surface area (Å²) in [5.41, 5.74) is 1.34. The lowest BCUT2D eigenvalue weighted by Gasteiger charge is -2.13. The first-order chi connectivity index (χ1) is 12.0. The third kappa shape index (κ3) is 3.55. The van der Waals surface area contributed by atoms with Crippen molar-refractivity contribution < 1.29 is 9.13 Å². The van der Waals surface area contributed by atoms with E-state index in [2.05, 4.69) is 4.98 Å². The molecule has 1 aromatic heterocycles. The first-order valence-electron chi connectivity index (χ1n) is 8.41. The Morgan fingerprint density at radius 3 is 2.36 bits per heavy atom. The number of hydrogen-bond acceptors (Lipinski definition) is 3. The minimum Gasteiger partial charge on any atom is -0.497 e. The van der Waals surface area contributed by atoms with Gasteiger partial charge in [-0.3, -0.25) is 9.36 Å². The van der Waals surface area contributed by atoms with Gasteiger partial charge >= 0.3 is 0 Å². The van der Waals surface area contributed by atoms with Crippen LogP contribution in [0.5, 0.6) is 5.75 Å². The molecule has 1 heterocycles. The summed E-state index contributed by atoms with van der Waals surface area (Å²) in [5, 5.41) is 0.414. The van der Waals surface area contributed by atoms with Gasteiger partial charge in [-0.05, 0) is 42.8 Å². The van der Waals surface area contributed by atoms with Gasteiger partial charge in [0.05, 0.1) is 23.7 Å². The van der Waals surface area contributed by atoms with E-state index >= 15 is 0 Å². The average Bonchev–Trinajstić information content (AvgIpc) is 2.65. The second kappa shape index (κ2) is 7.92. The molecule has 0 aliphatic rings. The van der Waals surface area contributed by atoms with E-state index in [1.807, 2.05) is 32.9 Å². The van der Waals surface area contributed by atoms with E-state index < -0.39 is 0 Å². The number of halogens is 1. The van der Waals surface area contributed by atoms with E-state index in [9.17, 15) is 9.18 Å². The lowest BCUT2D eigenvalue weighted by atomic mass is 10.1. The van der Waals surface area contributed by atoms with E-state index in [1.165, 1.54) is 6.07 Å². The Balaban J connectivity index is 0.00000109. The van der Waals surface area contributed by atoms with Crippen LogP contribution in [0.15, 0.2) is 41.2 Å². The van der Waals surface area contributed by atoms with Crippen molar-refractivity contribution in [2.45, 2.75) is 34.1 Å². The van der Waals surface area contributed by atoms with E-state index in [0.717, 1.165) is 0 Å². The van der Waals surface area contributed by atoms with E-state index in [0.29, 0.717) is 40.1 Å². The smallest absolute Gasteiger partial charge is 0.265 e. The SMILES string of the molecule is CC.CCc1nc2cc(F)c(C)cc2c(=O)n1-c1ccc(OC)cc1. The number of nitrogens with zero attached hydrogens (tertiary/aromatic N) is 2. The summed E-state index contributed by atoms with van der Waals surface area (Å²) < 4.78 is 20.5. The summed E-state index contributed by atoms with van der Waals surface area (Å²) in [6, 6.07) is 10.1. The minimum absolute atomic E-state index is 0.194. The molecule has 0 N–H and O–H groups in total. The molecule has 0 saturated carbocycles. The largest absolute Gasteiger partial charge is 0.497 e. The Hall–Kier alpha value is -2.69. The number of ether oxygens (including phenoxy) is 1. The molecule has 0 radical (unpaired) electrons. The Kier molecular flexibility index (Phi) is 5.91. The van der Waals surface area contributed by atoms with Gasteiger partial charge < -0.3 is 4.74 Å². The number of fused-ring (bicyclic) bond motifs is 1. The molecule has 0 aliphatic heterocycles. The van der Waals surface area contributed by atoms with Crippen LogP contribution in [0.1, 0.15) is 32.2 Å². The summed E-state index contributed by atoms with van der Waals surface area (Å²) in [6.07, 6.45) is 0.562. The molecule has 0 atom stereocenters. The van der Waals surface area contributed by atoms with Crippen molar-refractivity contribution in [3.8, 4) is 11.4 Å². The Morgan fingerprint density at radius 2 is 1.80 bits per heavy atom. The third-order valence-corrected chi connectivity index (χ3v) is 3.86. The molecule has 3 aromatic rings. The average molecular weight is 342 g/mol. The molecular formula is C20H23FN2O2. The maximum atomic E-state index is 13.8. The third-order valence-electron chi connectivity index (χ3n) is 3.86. The molecule has 2 aromatic carbocycles. The number of benzene rings is 2. The zero-order valence-corrected chi connectivity index (χ0v) is 15.3. The maximum Gasteiger partial charge on any atom is 0.265 e. The molecule has 0 bridgehead atoms. The number of aryl methyl sites for hydroxylation is 2. The highest BCUT2D eigenvalue weighted by atomic mass is 19.1. The van der Waals surface area contributed by atoms with Gasteiger partial charge in [0.1, 0.15) is 17.4 Å². The molecule has 3 rings (SSSR count). The molecule has 0 amide bonds. The number of methoxy groups -OCH3 is 1. The first-order valence-corrected chi connectivity index (χ1v) is 8.41. The van der Waals surface area contributed by atoms with Gasteiger partial charge in [0, 0.05) is 12.5 Å².